The first kappa shape index (κ1) is 91.7. The molecular formula is C68H124N3O29P. The molecule has 101 heavy (non-hydrogen) atoms. The Bertz CT molecular complexity index is 2410. The third kappa shape index (κ3) is 31.8. The van der Waals surface area contributed by atoms with Gasteiger partial charge in [0.15, 0.2) is 0 Å². The van der Waals surface area contributed by atoms with E-state index in [-0.39, 0.29) is 6.42 Å². The van der Waals surface area contributed by atoms with E-state index in [9.17, 15) is 105 Å². The molecule has 3 fully saturated rings. The molecule has 0 aromatic heterocycles. The van der Waals surface area contributed by atoms with Gasteiger partial charge in [0, 0.05) is 33.5 Å². The van der Waals surface area contributed by atoms with Gasteiger partial charge in [-0.3, -0.25) is 23.4 Å². The van der Waals surface area contributed by atoms with Crippen LogP contribution in [0.3, 0.4) is 0 Å². The van der Waals surface area contributed by atoms with Crippen molar-refractivity contribution in [1.29, 1.82) is 0 Å². The Labute approximate surface area is 593 Å². The molecule has 3 rings (SSSR count). The maximum atomic E-state index is 13.9. The number of amides is 3. The van der Waals surface area contributed by atoms with E-state index in [0.29, 0.717) is 12.8 Å². The second-order valence-corrected chi connectivity index (χ2v) is 28.6. The summed E-state index contributed by atoms with van der Waals surface area (Å²) in [6.45, 7) is -0.413. The maximum Gasteiger partial charge on any atom is 0.472 e. The fraction of sp³-hybridized carbons (Fsp3) is 0.897. The third-order valence-corrected chi connectivity index (χ3v) is 19.8. The topological polar surface area (TPSA) is 516 Å². The molecule has 0 aromatic carbocycles. The molecular weight excluding hydrogens is 1350 g/mol. The molecule has 2 saturated heterocycles. The number of rotatable bonds is 56. The van der Waals surface area contributed by atoms with Crippen LogP contribution in [0.25, 0.3) is 0 Å². The summed E-state index contributed by atoms with van der Waals surface area (Å²) < 4.78 is 56.4. The second kappa shape index (κ2) is 49.4. The molecule has 1 unspecified atom stereocenters. The maximum absolute atomic E-state index is 13.9. The van der Waals surface area contributed by atoms with E-state index in [0.717, 1.165) is 84.8 Å². The number of carboxylic acid groups (broad SMARTS) is 2. The minimum atomic E-state index is -5.63. The van der Waals surface area contributed by atoms with Crippen molar-refractivity contribution in [2.75, 3.05) is 47.3 Å². The first-order valence-electron chi connectivity index (χ1n) is 36.5. The first-order chi connectivity index (χ1) is 48.1. The Morgan fingerprint density at radius 1 is 0.535 bits per heavy atom. The van der Waals surface area contributed by atoms with E-state index >= 15 is 0 Å². The number of nitrogens with one attached hydrogen (secondary N) is 3. The van der Waals surface area contributed by atoms with Crippen LogP contribution in [0.4, 0.5) is 0 Å². The molecule has 3 amide bonds. The number of aliphatic carboxylic acids is 2. The van der Waals surface area contributed by atoms with Crippen LogP contribution in [0.5, 0.6) is 0 Å². The lowest BCUT2D eigenvalue weighted by atomic mass is 9.84. The molecule has 590 valence electrons. The van der Waals surface area contributed by atoms with Crippen molar-refractivity contribution in [3.8, 4) is 0 Å². The number of hydrogen-bond donors (Lipinski definition) is 18. The van der Waals surface area contributed by atoms with Gasteiger partial charge >= 0.3 is 19.8 Å². The van der Waals surface area contributed by atoms with Crippen LogP contribution in [0.15, 0.2) is 12.2 Å². The highest BCUT2D eigenvalue weighted by molar-refractivity contribution is 7.47. The standard InChI is InChI=1S/C68H124N3O29P/c1-5-7-9-11-13-15-17-18-19-20-21-22-23-24-26-28-30-32-34-36-50(78)69-44(45(73)35-33-31-29-27-25-16-14-12-10-8-6-2)40-96-101(91,92)100-64-59(85)57(83)58(84)63(60(64)86)99-68(66(89)90)38-47(75)54(62(98-68)56(82)49(77)42-94-4)71-52(80)43-95-67(65(87)88)37-46(74)53(70-51(79)39-72)61(97-67)55(81)48(76)41-93-3/h33,35,44-49,53-64,72-77,81-86H,5-32,34,36-43H2,1-4H3,(H,69,78)(H,70,79)(H,71,80)(H,87,88)(H,89,90)(H,91,92)/b35-33+/t44-,45+,46-,47-,48+,49+,53+,54+,55+,56+,57-,58-,59+,60+,61+,62+,63+,64-,67+,68-/m0/s1. The van der Waals surface area contributed by atoms with Gasteiger partial charge in [-0.1, -0.05) is 193 Å². The van der Waals surface area contributed by atoms with Gasteiger partial charge in [-0.2, -0.15) is 0 Å². The van der Waals surface area contributed by atoms with Gasteiger partial charge in [0.25, 0.3) is 11.6 Å². The molecule has 1 saturated carbocycles. The summed E-state index contributed by atoms with van der Waals surface area (Å²) in [6, 6.07) is -5.17. The Morgan fingerprint density at radius 3 is 1.38 bits per heavy atom. The normalized spacial score (nSPS) is 28.7. The van der Waals surface area contributed by atoms with Gasteiger partial charge in [-0.05, 0) is 19.3 Å². The zero-order chi connectivity index (χ0) is 75.1. The van der Waals surface area contributed by atoms with Crippen molar-refractivity contribution in [1.82, 2.24) is 16.0 Å². The van der Waals surface area contributed by atoms with E-state index in [1.807, 2.05) is 0 Å². The predicted octanol–water partition coefficient (Wildman–Crippen LogP) is 2.05. The highest BCUT2D eigenvalue weighted by Gasteiger charge is 2.62. The Morgan fingerprint density at radius 2 is 0.941 bits per heavy atom. The van der Waals surface area contributed by atoms with Crippen LogP contribution in [0, 0.1) is 0 Å². The zero-order valence-corrected chi connectivity index (χ0v) is 60.5. The average molecular weight is 1480 g/mol. The molecule has 2 heterocycles. The van der Waals surface area contributed by atoms with Gasteiger partial charge in [0.2, 0.25) is 17.7 Å². The summed E-state index contributed by atoms with van der Waals surface area (Å²) in [5.74, 6) is -13.8. The number of methoxy groups -OCH3 is 2. The molecule has 3 aliphatic rings. The molecule has 0 aromatic rings. The minimum absolute atomic E-state index is 0.0455. The molecule has 2 aliphatic heterocycles. The number of aliphatic hydroxyl groups excluding tert-OH is 12. The number of ether oxygens (including phenoxy) is 6. The van der Waals surface area contributed by atoms with Gasteiger partial charge in [-0.25, -0.2) is 14.2 Å². The highest BCUT2D eigenvalue weighted by atomic mass is 31.2. The van der Waals surface area contributed by atoms with Crippen LogP contribution >= 0.6 is 7.82 Å². The van der Waals surface area contributed by atoms with Crippen molar-refractivity contribution in [2.45, 2.75) is 341 Å². The van der Waals surface area contributed by atoms with E-state index in [1.165, 1.54) is 109 Å². The van der Waals surface area contributed by atoms with Gasteiger partial charge < -0.3 is 121 Å². The molecule has 0 bridgehead atoms. The monoisotopic (exact) mass is 1480 g/mol. The molecule has 0 spiro atoms. The van der Waals surface area contributed by atoms with Crippen LogP contribution < -0.4 is 16.0 Å². The number of phosphoric acid groups is 1. The summed E-state index contributed by atoms with van der Waals surface area (Å²) in [7, 11) is -3.43. The summed E-state index contributed by atoms with van der Waals surface area (Å²) in [5.41, 5.74) is 0. The molecule has 32 nitrogen and oxygen atoms in total. The summed E-state index contributed by atoms with van der Waals surface area (Å²) in [5, 5.41) is 161. The number of carbonyl (C=O) groups excluding carboxylic acids is 3. The van der Waals surface area contributed by atoms with Gasteiger partial charge in [-0.15, -0.1) is 0 Å². The minimum Gasteiger partial charge on any atom is -0.477 e. The molecule has 18 N–H and O–H groups in total. The Balaban J connectivity index is 1.76. The van der Waals surface area contributed by atoms with Crippen LogP contribution in [0.1, 0.15) is 219 Å². The van der Waals surface area contributed by atoms with Crippen molar-refractivity contribution in [2.24, 2.45) is 0 Å². The number of carboxylic acids is 2. The Kier molecular flexibility index (Phi) is 44.8. The van der Waals surface area contributed by atoms with Crippen molar-refractivity contribution < 1.29 is 142 Å². The summed E-state index contributed by atoms with van der Waals surface area (Å²) in [4.78, 5) is 76.8. The van der Waals surface area contributed by atoms with Crippen molar-refractivity contribution >= 4 is 37.5 Å². The first-order valence-corrected chi connectivity index (χ1v) is 38.0. The van der Waals surface area contributed by atoms with E-state index in [2.05, 4.69) is 29.8 Å². The van der Waals surface area contributed by atoms with E-state index in [1.54, 1.807) is 6.08 Å². The smallest absolute Gasteiger partial charge is 0.472 e. The van der Waals surface area contributed by atoms with E-state index in [4.69, 9.17) is 37.5 Å². The van der Waals surface area contributed by atoms with Crippen LogP contribution in [0.2, 0.25) is 0 Å². The van der Waals surface area contributed by atoms with Crippen molar-refractivity contribution in [3.05, 3.63) is 12.2 Å². The molecule has 0 radical (unpaired) electrons. The molecule has 21 atom stereocenters. The highest BCUT2D eigenvalue weighted by Crippen LogP contribution is 2.48. The predicted molar refractivity (Wildman–Crippen MR) is 363 cm³/mol. The SMILES string of the molecule is CCCCCCCCCCC/C=C/[C@@H](O)[C@H](COP(=O)(O)O[C@@H]1[C@H](O)[C@H](O[C@]2(C(=O)O)C[C@H](O)[C@@H](NC(=O)CO[C@]3(C(=O)O)C[C@H](O)[C@@H](NC(=O)CO)[C@H]([C@H](O)[C@H](O)COC)O3)[C@H]([C@H](O)[C@H](O)COC)O2)[C@@H](O)[C@H](O)[C@H]1O)NC(=O)CCCCCCCCCCCCCCCCCCCCC. The number of carbonyl (C=O) groups is 5. The average Bonchev–Trinajstić information content (AvgIpc) is 0.759. The Hall–Kier alpha value is -3.52. The van der Waals surface area contributed by atoms with E-state index < -0.39 is 205 Å². The second-order valence-electron chi connectivity index (χ2n) is 27.2. The fourth-order valence-corrected chi connectivity index (χ4v) is 13.8. The molecule has 33 heteroatoms. The van der Waals surface area contributed by atoms with Gasteiger partial charge in [0.1, 0.15) is 86.5 Å². The fourth-order valence-electron chi connectivity index (χ4n) is 12.9. The van der Waals surface area contributed by atoms with Crippen LogP contribution in [-0.4, -0.2) is 275 Å². The lowest BCUT2D eigenvalue weighted by molar-refractivity contribution is -0.350. The van der Waals surface area contributed by atoms with Crippen LogP contribution in [-0.2, 0) is 66.0 Å². The lowest BCUT2D eigenvalue weighted by Gasteiger charge is -2.50. The summed E-state index contributed by atoms with van der Waals surface area (Å²) in [6.07, 6.45) is -0.695. The number of unbranched alkanes of at least 4 members (excludes halogenated alkanes) is 27. The molecule has 1 aliphatic carbocycles. The number of aliphatic hydroxyl groups is 12. The quantitative estimate of drug-likeness (QED) is 0.0235. The van der Waals surface area contributed by atoms with Gasteiger partial charge in [0.05, 0.1) is 56.3 Å². The number of allylic oxidation sites excluding steroid dienone is 1. The van der Waals surface area contributed by atoms with Crippen molar-refractivity contribution in [3.63, 3.8) is 0 Å². The largest absolute Gasteiger partial charge is 0.477 e. The third-order valence-electron chi connectivity index (χ3n) is 18.8. The summed E-state index contributed by atoms with van der Waals surface area (Å²) >= 11 is 0. The number of hydrogen-bond acceptors (Lipinski definition) is 26. The zero-order valence-electron chi connectivity index (χ0n) is 59.6. The lowest BCUT2D eigenvalue weighted by Crippen LogP contribution is -2.71. The number of phosphoric ester groups is 1.